The van der Waals surface area contributed by atoms with E-state index in [-0.39, 0.29) is 24.3 Å². The number of rotatable bonds is 6. The number of hydrogen-bond acceptors (Lipinski definition) is 4. The van der Waals surface area contributed by atoms with E-state index in [9.17, 15) is 9.59 Å². The Kier molecular flexibility index (Phi) is 5.51. The third-order valence-electron chi connectivity index (χ3n) is 3.33. The molecule has 1 atom stereocenters. The Labute approximate surface area is 135 Å². The van der Waals surface area contributed by atoms with Crippen LogP contribution in [0.3, 0.4) is 0 Å². The summed E-state index contributed by atoms with van der Waals surface area (Å²) < 4.78 is 5.63. The minimum Gasteiger partial charge on any atom is -0.439 e. The molecule has 23 heavy (non-hydrogen) atoms. The summed E-state index contributed by atoms with van der Waals surface area (Å²) in [5.74, 6) is 0.569. The predicted molar refractivity (Wildman–Crippen MR) is 86.2 cm³/mol. The van der Waals surface area contributed by atoms with Crippen LogP contribution >= 0.6 is 0 Å². The van der Waals surface area contributed by atoms with Crippen LogP contribution in [-0.2, 0) is 16.1 Å². The van der Waals surface area contributed by atoms with Crippen molar-refractivity contribution in [1.29, 1.82) is 0 Å². The lowest BCUT2D eigenvalue weighted by atomic mass is 10.0. The van der Waals surface area contributed by atoms with Gasteiger partial charge in [0.1, 0.15) is 6.04 Å². The number of aromatic nitrogens is 1. The summed E-state index contributed by atoms with van der Waals surface area (Å²) in [7, 11) is 0. The zero-order valence-electron chi connectivity index (χ0n) is 13.5. The fourth-order valence-corrected chi connectivity index (χ4v) is 2.15. The lowest BCUT2D eigenvalue weighted by molar-refractivity contribution is -0.129. The minimum atomic E-state index is -0.573. The molecule has 0 spiro atoms. The summed E-state index contributed by atoms with van der Waals surface area (Å²) in [4.78, 5) is 27.5. The lowest BCUT2D eigenvalue weighted by Gasteiger charge is -2.20. The van der Waals surface area contributed by atoms with Crippen LogP contribution in [0.25, 0.3) is 11.3 Å². The van der Waals surface area contributed by atoms with E-state index in [2.05, 4.69) is 15.6 Å². The number of oxazole rings is 1. The van der Waals surface area contributed by atoms with Crippen LogP contribution in [0.2, 0.25) is 0 Å². The number of carbonyl (C=O) groups is 2. The zero-order chi connectivity index (χ0) is 16.8. The van der Waals surface area contributed by atoms with Gasteiger partial charge in [0.25, 0.3) is 0 Å². The van der Waals surface area contributed by atoms with Gasteiger partial charge in [0.2, 0.25) is 17.7 Å². The minimum absolute atomic E-state index is 0.0108. The Balaban J connectivity index is 1.96. The molecule has 2 rings (SSSR count). The highest BCUT2D eigenvalue weighted by molar-refractivity contribution is 5.86. The molecule has 0 saturated carbocycles. The second-order valence-corrected chi connectivity index (χ2v) is 5.62. The maximum absolute atomic E-state index is 12.2. The van der Waals surface area contributed by atoms with Crippen molar-refractivity contribution in [1.82, 2.24) is 15.6 Å². The van der Waals surface area contributed by atoms with Gasteiger partial charge in [-0.3, -0.25) is 9.59 Å². The van der Waals surface area contributed by atoms with Crippen LogP contribution in [0, 0.1) is 5.92 Å². The van der Waals surface area contributed by atoms with Gasteiger partial charge in [-0.25, -0.2) is 4.98 Å². The largest absolute Gasteiger partial charge is 0.439 e. The van der Waals surface area contributed by atoms with Gasteiger partial charge in [-0.15, -0.1) is 0 Å². The maximum Gasteiger partial charge on any atom is 0.243 e. The second-order valence-electron chi connectivity index (χ2n) is 5.62. The quantitative estimate of drug-likeness (QED) is 0.855. The number of benzene rings is 1. The number of carbonyl (C=O) groups excluding carboxylic acids is 2. The summed E-state index contributed by atoms with van der Waals surface area (Å²) in [6.07, 6.45) is 1.63. The van der Waals surface area contributed by atoms with Crippen molar-refractivity contribution in [3.8, 4) is 11.3 Å². The Hall–Kier alpha value is -2.63. The van der Waals surface area contributed by atoms with E-state index in [1.54, 1.807) is 6.20 Å². The highest BCUT2D eigenvalue weighted by Gasteiger charge is 2.23. The molecular weight excluding hydrogens is 294 g/mol. The highest BCUT2D eigenvalue weighted by atomic mass is 16.4. The van der Waals surface area contributed by atoms with Crippen molar-refractivity contribution < 1.29 is 14.0 Å². The van der Waals surface area contributed by atoms with E-state index in [1.165, 1.54) is 6.92 Å². The van der Waals surface area contributed by atoms with E-state index in [4.69, 9.17) is 4.42 Å². The van der Waals surface area contributed by atoms with Gasteiger partial charge in [0.05, 0.1) is 12.7 Å². The van der Waals surface area contributed by atoms with Crippen LogP contribution in [0.1, 0.15) is 26.7 Å². The molecule has 1 aromatic carbocycles. The fraction of sp³-hybridized carbons (Fsp3) is 0.353. The second kappa shape index (κ2) is 7.58. The molecule has 2 amide bonds. The van der Waals surface area contributed by atoms with Crippen LogP contribution in [0.15, 0.2) is 40.9 Å². The van der Waals surface area contributed by atoms with E-state index in [0.717, 1.165) is 5.56 Å². The van der Waals surface area contributed by atoms with Crippen molar-refractivity contribution >= 4 is 11.8 Å². The average molecular weight is 315 g/mol. The Bertz CT molecular complexity index is 665. The normalized spacial score (nSPS) is 12.0. The summed E-state index contributed by atoms with van der Waals surface area (Å²) in [5.41, 5.74) is 0.927. The summed E-state index contributed by atoms with van der Waals surface area (Å²) in [6, 6.07) is 9.04. The van der Waals surface area contributed by atoms with Crippen LogP contribution < -0.4 is 10.6 Å². The van der Waals surface area contributed by atoms with Crippen LogP contribution in [-0.4, -0.2) is 22.8 Å². The molecular formula is C17H21N3O3. The molecule has 122 valence electrons. The highest BCUT2D eigenvalue weighted by Crippen LogP contribution is 2.19. The smallest absolute Gasteiger partial charge is 0.243 e. The van der Waals surface area contributed by atoms with Gasteiger partial charge >= 0.3 is 0 Å². The summed E-state index contributed by atoms with van der Waals surface area (Å²) >= 11 is 0. The number of amides is 2. The summed E-state index contributed by atoms with van der Waals surface area (Å²) in [5, 5.41) is 5.39. The molecule has 1 heterocycles. The van der Waals surface area contributed by atoms with E-state index in [0.29, 0.717) is 11.7 Å². The van der Waals surface area contributed by atoms with Gasteiger partial charge in [-0.05, 0) is 5.92 Å². The first-order valence-corrected chi connectivity index (χ1v) is 7.52. The molecule has 6 heteroatoms. The maximum atomic E-state index is 12.2. The third kappa shape index (κ3) is 4.67. The van der Waals surface area contributed by atoms with Crippen molar-refractivity contribution in [3.05, 3.63) is 42.4 Å². The molecule has 0 saturated heterocycles. The molecule has 0 aliphatic rings. The molecule has 1 unspecified atom stereocenters. The van der Waals surface area contributed by atoms with Gasteiger partial charge in [0.15, 0.2) is 5.76 Å². The molecule has 0 aliphatic carbocycles. The van der Waals surface area contributed by atoms with Crippen molar-refractivity contribution in [3.63, 3.8) is 0 Å². The Morgan fingerprint density at radius 1 is 1.22 bits per heavy atom. The van der Waals surface area contributed by atoms with E-state index < -0.39 is 6.04 Å². The Morgan fingerprint density at radius 3 is 2.52 bits per heavy atom. The van der Waals surface area contributed by atoms with Gasteiger partial charge in [-0.1, -0.05) is 44.2 Å². The number of nitrogens with zero attached hydrogens (tertiary/aromatic N) is 1. The average Bonchev–Trinajstić information content (AvgIpc) is 2.99. The zero-order valence-corrected chi connectivity index (χ0v) is 13.5. The lowest BCUT2D eigenvalue weighted by Crippen LogP contribution is -2.48. The first-order chi connectivity index (χ1) is 11.0. The fourth-order valence-electron chi connectivity index (χ4n) is 2.15. The molecule has 0 bridgehead atoms. The molecule has 0 aliphatic heterocycles. The molecule has 2 N–H and O–H groups in total. The monoisotopic (exact) mass is 315 g/mol. The van der Waals surface area contributed by atoms with Gasteiger partial charge in [-0.2, -0.15) is 0 Å². The van der Waals surface area contributed by atoms with Crippen molar-refractivity contribution in [2.45, 2.75) is 33.4 Å². The number of nitrogens with one attached hydrogen (secondary N) is 2. The molecule has 0 radical (unpaired) electrons. The van der Waals surface area contributed by atoms with Crippen molar-refractivity contribution in [2.24, 2.45) is 5.92 Å². The third-order valence-corrected chi connectivity index (χ3v) is 3.33. The van der Waals surface area contributed by atoms with Gasteiger partial charge in [0, 0.05) is 12.5 Å². The van der Waals surface area contributed by atoms with Crippen LogP contribution in [0.5, 0.6) is 0 Å². The standard InChI is InChI=1S/C17H21N3O3/c1-11(2)16(20-12(3)21)17(22)19-10-15-18-9-14(23-15)13-7-5-4-6-8-13/h4-9,11,16H,10H2,1-3H3,(H,19,22)(H,20,21). The van der Waals surface area contributed by atoms with E-state index >= 15 is 0 Å². The first kappa shape index (κ1) is 16.7. The number of hydrogen-bond donors (Lipinski definition) is 2. The molecule has 6 nitrogen and oxygen atoms in total. The van der Waals surface area contributed by atoms with Crippen LogP contribution in [0.4, 0.5) is 0 Å². The predicted octanol–water partition coefficient (Wildman–Crippen LogP) is 2.12. The SMILES string of the molecule is CC(=O)NC(C(=O)NCc1ncc(-c2ccccc2)o1)C(C)C. The summed E-state index contributed by atoms with van der Waals surface area (Å²) in [6.45, 7) is 5.31. The van der Waals surface area contributed by atoms with Gasteiger partial charge < -0.3 is 15.1 Å². The topological polar surface area (TPSA) is 84.2 Å². The molecule has 2 aromatic rings. The Morgan fingerprint density at radius 2 is 1.91 bits per heavy atom. The molecule has 1 aromatic heterocycles. The van der Waals surface area contributed by atoms with Crippen molar-refractivity contribution in [2.75, 3.05) is 0 Å². The molecule has 0 fully saturated rings. The van der Waals surface area contributed by atoms with E-state index in [1.807, 2.05) is 44.2 Å². The first-order valence-electron chi connectivity index (χ1n) is 7.52.